The molecule has 0 aliphatic rings. The number of carbonyl (C=O) groups is 1. The van der Waals surface area contributed by atoms with Gasteiger partial charge in [-0.25, -0.2) is 0 Å². The van der Waals surface area contributed by atoms with Crippen molar-refractivity contribution in [3.63, 3.8) is 0 Å². The van der Waals surface area contributed by atoms with Crippen LogP contribution in [0.1, 0.15) is 24.8 Å². The lowest BCUT2D eigenvalue weighted by molar-refractivity contribution is -0.118. The van der Waals surface area contributed by atoms with E-state index in [-0.39, 0.29) is 5.91 Å². The van der Waals surface area contributed by atoms with Crippen molar-refractivity contribution in [2.24, 2.45) is 0 Å². The van der Waals surface area contributed by atoms with Gasteiger partial charge in [0.25, 0.3) is 0 Å². The number of anilines is 1. The van der Waals surface area contributed by atoms with E-state index in [2.05, 4.69) is 5.32 Å². The fraction of sp³-hybridized carbons (Fsp3) is 0.500. The van der Waals surface area contributed by atoms with Crippen LogP contribution in [0.25, 0.3) is 0 Å². The normalized spacial score (nSPS) is 10.4. The lowest BCUT2D eigenvalue weighted by Gasteiger charge is -2.20. The third kappa shape index (κ3) is 4.31. The maximum Gasteiger partial charge on any atom is 0.226 e. The molecule has 0 fully saturated rings. The number of unbranched alkanes of at least 4 members (excludes halogenated alkanes) is 1. The molecule has 0 saturated heterocycles. The molecule has 0 saturated carbocycles. The number of nitrogens with one attached hydrogen (secondary N) is 1. The first kappa shape index (κ1) is 15.0. The van der Waals surface area contributed by atoms with Gasteiger partial charge in [0, 0.05) is 24.2 Å². The van der Waals surface area contributed by atoms with Crippen LogP contribution in [0.5, 0.6) is 0 Å². The smallest absolute Gasteiger partial charge is 0.226 e. The van der Waals surface area contributed by atoms with Gasteiger partial charge >= 0.3 is 0 Å². The number of halogens is 1. The van der Waals surface area contributed by atoms with E-state index in [1.54, 1.807) is 11.9 Å². The molecule has 1 aromatic rings. The Morgan fingerprint density at radius 2 is 2.11 bits per heavy atom. The molecule has 1 rings (SSSR count). The zero-order valence-corrected chi connectivity index (χ0v) is 12.0. The Labute approximate surface area is 114 Å². The lowest BCUT2D eigenvalue weighted by atomic mass is 10.1. The summed E-state index contributed by atoms with van der Waals surface area (Å²) in [6.07, 6.45) is 2.50. The van der Waals surface area contributed by atoms with Gasteiger partial charge in [0.15, 0.2) is 0 Å². The largest absolute Gasteiger partial charge is 0.320 e. The van der Waals surface area contributed by atoms with Crippen molar-refractivity contribution in [3.8, 4) is 0 Å². The molecule has 3 nitrogen and oxygen atoms in total. The summed E-state index contributed by atoms with van der Waals surface area (Å²) in [5.41, 5.74) is 1.95. The fourth-order valence-corrected chi connectivity index (χ4v) is 1.99. The number of carbonyl (C=O) groups excluding carboxylic acids is 1. The monoisotopic (exact) mass is 268 g/mol. The van der Waals surface area contributed by atoms with Gasteiger partial charge in [-0.05, 0) is 51.1 Å². The highest BCUT2D eigenvalue weighted by Gasteiger charge is 2.12. The standard InChI is InChI=1S/C14H21ClN2O/c1-11-7-8-12(15)10-13(11)17(3)14(18)6-4-5-9-16-2/h7-8,10,16H,4-6,9H2,1-3H3. The summed E-state index contributed by atoms with van der Waals surface area (Å²) in [7, 11) is 3.72. The molecule has 0 spiro atoms. The first-order valence-corrected chi connectivity index (χ1v) is 6.61. The van der Waals surface area contributed by atoms with E-state index in [0.717, 1.165) is 30.6 Å². The van der Waals surface area contributed by atoms with Crippen molar-refractivity contribution < 1.29 is 4.79 Å². The van der Waals surface area contributed by atoms with E-state index in [0.29, 0.717) is 11.4 Å². The Morgan fingerprint density at radius 1 is 1.39 bits per heavy atom. The number of amides is 1. The van der Waals surface area contributed by atoms with Crippen LogP contribution in [0.4, 0.5) is 5.69 Å². The summed E-state index contributed by atoms with van der Waals surface area (Å²) < 4.78 is 0. The molecule has 0 atom stereocenters. The van der Waals surface area contributed by atoms with Crippen LogP contribution in [0.15, 0.2) is 18.2 Å². The Kier molecular flexibility index (Phi) is 6.16. The van der Waals surface area contributed by atoms with Gasteiger partial charge in [-0.15, -0.1) is 0 Å². The minimum Gasteiger partial charge on any atom is -0.320 e. The van der Waals surface area contributed by atoms with Gasteiger partial charge in [-0.1, -0.05) is 17.7 Å². The first-order chi connectivity index (χ1) is 8.56. The Balaban J connectivity index is 2.60. The van der Waals surface area contributed by atoms with Gasteiger partial charge in [0.05, 0.1) is 0 Å². The third-order valence-corrected chi connectivity index (χ3v) is 3.21. The number of rotatable bonds is 6. The van der Waals surface area contributed by atoms with Crippen molar-refractivity contribution >= 4 is 23.2 Å². The van der Waals surface area contributed by atoms with Crippen LogP contribution in [-0.4, -0.2) is 26.5 Å². The summed E-state index contributed by atoms with van der Waals surface area (Å²) in [6.45, 7) is 2.93. The molecule has 4 heteroatoms. The summed E-state index contributed by atoms with van der Waals surface area (Å²) in [5, 5.41) is 3.73. The third-order valence-electron chi connectivity index (χ3n) is 2.97. The van der Waals surface area contributed by atoms with Crippen molar-refractivity contribution in [2.75, 3.05) is 25.5 Å². The molecule has 0 aromatic heterocycles. The quantitative estimate of drug-likeness (QED) is 0.805. The second kappa shape index (κ2) is 7.39. The van der Waals surface area contributed by atoms with E-state index in [4.69, 9.17) is 11.6 Å². The highest BCUT2D eigenvalue weighted by molar-refractivity contribution is 6.31. The number of hydrogen-bond donors (Lipinski definition) is 1. The van der Waals surface area contributed by atoms with Crippen molar-refractivity contribution in [2.45, 2.75) is 26.2 Å². The second-order valence-corrected chi connectivity index (χ2v) is 4.88. The van der Waals surface area contributed by atoms with Crippen molar-refractivity contribution in [3.05, 3.63) is 28.8 Å². The maximum atomic E-state index is 12.0. The van der Waals surface area contributed by atoms with E-state index < -0.39 is 0 Å². The van der Waals surface area contributed by atoms with Crippen LogP contribution >= 0.6 is 11.6 Å². The average molecular weight is 269 g/mol. The van der Waals surface area contributed by atoms with Crippen LogP contribution in [0.3, 0.4) is 0 Å². The van der Waals surface area contributed by atoms with Crippen LogP contribution < -0.4 is 10.2 Å². The Hall–Kier alpha value is -1.06. The summed E-state index contributed by atoms with van der Waals surface area (Å²) in [4.78, 5) is 13.7. The van der Waals surface area contributed by atoms with Crippen molar-refractivity contribution in [1.29, 1.82) is 0 Å². The van der Waals surface area contributed by atoms with Crippen LogP contribution in [-0.2, 0) is 4.79 Å². The molecular formula is C14H21ClN2O. The predicted molar refractivity (Wildman–Crippen MR) is 77.4 cm³/mol. The minimum absolute atomic E-state index is 0.136. The number of nitrogens with zero attached hydrogens (tertiary/aromatic N) is 1. The fourth-order valence-electron chi connectivity index (χ4n) is 1.82. The summed E-state index contributed by atoms with van der Waals surface area (Å²) >= 11 is 5.96. The zero-order chi connectivity index (χ0) is 13.5. The molecule has 0 aliphatic heterocycles. The number of benzene rings is 1. The Bertz CT molecular complexity index is 407. The SMILES string of the molecule is CNCCCCC(=O)N(C)c1cc(Cl)ccc1C. The molecule has 18 heavy (non-hydrogen) atoms. The molecule has 0 radical (unpaired) electrons. The topological polar surface area (TPSA) is 32.3 Å². The van der Waals surface area contributed by atoms with Crippen LogP contribution in [0.2, 0.25) is 5.02 Å². The van der Waals surface area contributed by atoms with E-state index >= 15 is 0 Å². The highest BCUT2D eigenvalue weighted by Crippen LogP contribution is 2.24. The van der Waals surface area contributed by atoms with Crippen molar-refractivity contribution in [1.82, 2.24) is 5.32 Å². The van der Waals surface area contributed by atoms with E-state index in [9.17, 15) is 4.79 Å². The average Bonchev–Trinajstić information content (AvgIpc) is 2.36. The molecule has 1 aromatic carbocycles. The summed E-state index contributed by atoms with van der Waals surface area (Å²) in [6, 6.07) is 5.61. The molecular weight excluding hydrogens is 248 g/mol. The molecule has 0 unspecified atom stereocenters. The maximum absolute atomic E-state index is 12.0. The zero-order valence-electron chi connectivity index (χ0n) is 11.3. The molecule has 100 valence electrons. The van der Waals surface area contributed by atoms with Gasteiger partial charge in [-0.3, -0.25) is 4.79 Å². The Morgan fingerprint density at radius 3 is 2.78 bits per heavy atom. The molecule has 0 aliphatic carbocycles. The first-order valence-electron chi connectivity index (χ1n) is 6.23. The number of aryl methyl sites for hydroxylation is 1. The molecule has 0 heterocycles. The van der Waals surface area contributed by atoms with E-state index in [1.165, 1.54) is 0 Å². The molecule has 1 amide bonds. The lowest BCUT2D eigenvalue weighted by Crippen LogP contribution is -2.26. The van der Waals surface area contributed by atoms with Gasteiger partial charge in [0.2, 0.25) is 5.91 Å². The second-order valence-electron chi connectivity index (χ2n) is 4.44. The van der Waals surface area contributed by atoms with Gasteiger partial charge in [-0.2, -0.15) is 0 Å². The van der Waals surface area contributed by atoms with Gasteiger partial charge < -0.3 is 10.2 Å². The van der Waals surface area contributed by atoms with Crippen LogP contribution in [0, 0.1) is 6.92 Å². The molecule has 1 N–H and O–H groups in total. The summed E-state index contributed by atoms with van der Waals surface area (Å²) in [5.74, 6) is 0.136. The predicted octanol–water partition coefficient (Wildman–Crippen LogP) is 3.00. The molecule has 0 bridgehead atoms. The van der Waals surface area contributed by atoms with Gasteiger partial charge in [0.1, 0.15) is 0 Å². The van der Waals surface area contributed by atoms with E-state index in [1.807, 2.05) is 32.2 Å². The number of hydrogen-bond acceptors (Lipinski definition) is 2. The highest BCUT2D eigenvalue weighted by atomic mass is 35.5. The minimum atomic E-state index is 0.136.